The summed E-state index contributed by atoms with van der Waals surface area (Å²) < 4.78 is 0. The first-order valence-electron chi connectivity index (χ1n) is 1.85. The number of rotatable bonds is 2. The van der Waals surface area contributed by atoms with Crippen molar-refractivity contribution in [2.24, 2.45) is 0 Å². The standard InChI is InChI=1S/C4H8O.Na.H/c1-2-3-4-5;;/h4H,2-3H2,1H3;;. The van der Waals surface area contributed by atoms with Crippen molar-refractivity contribution in [1.29, 1.82) is 0 Å². The van der Waals surface area contributed by atoms with Gasteiger partial charge in [-0.05, 0) is 6.42 Å². The van der Waals surface area contributed by atoms with Crippen LogP contribution in [0.4, 0.5) is 0 Å². The zero-order chi connectivity index (χ0) is 4.12. The van der Waals surface area contributed by atoms with Gasteiger partial charge in [-0.25, -0.2) is 0 Å². The maximum atomic E-state index is 9.40. The monoisotopic (exact) mass is 96.1 g/mol. The molecule has 0 bridgehead atoms. The molecule has 0 aromatic rings. The molecule has 0 saturated carbocycles. The Hall–Kier alpha value is 0.670. The number of aldehydes is 1. The van der Waals surface area contributed by atoms with Gasteiger partial charge in [0.05, 0.1) is 0 Å². The van der Waals surface area contributed by atoms with Gasteiger partial charge in [-0.15, -0.1) is 0 Å². The molecule has 0 amide bonds. The van der Waals surface area contributed by atoms with Crippen molar-refractivity contribution in [3.8, 4) is 0 Å². The minimum atomic E-state index is 0. The predicted molar refractivity (Wildman–Crippen MR) is 28.1 cm³/mol. The van der Waals surface area contributed by atoms with Crippen LogP contribution in [0.15, 0.2) is 0 Å². The van der Waals surface area contributed by atoms with E-state index in [1.54, 1.807) is 0 Å². The van der Waals surface area contributed by atoms with E-state index >= 15 is 0 Å². The molecule has 0 aliphatic carbocycles. The first-order valence-corrected chi connectivity index (χ1v) is 1.85. The van der Waals surface area contributed by atoms with Gasteiger partial charge < -0.3 is 4.79 Å². The van der Waals surface area contributed by atoms with Crippen molar-refractivity contribution in [2.45, 2.75) is 19.8 Å². The molecule has 0 spiro atoms. The third kappa shape index (κ3) is 8.82. The van der Waals surface area contributed by atoms with Gasteiger partial charge in [0.2, 0.25) is 0 Å². The molecule has 0 atom stereocenters. The molecule has 0 N–H and O–H groups in total. The summed E-state index contributed by atoms with van der Waals surface area (Å²) in [5.41, 5.74) is 0. The molecular formula is C4H9NaO. The molecule has 0 aliphatic heterocycles. The van der Waals surface area contributed by atoms with Crippen LogP contribution in [0, 0.1) is 0 Å². The summed E-state index contributed by atoms with van der Waals surface area (Å²) in [6, 6.07) is 0. The second kappa shape index (κ2) is 9.18. The number of hydrogen-bond donors (Lipinski definition) is 0. The van der Waals surface area contributed by atoms with E-state index in [0.717, 1.165) is 12.7 Å². The fraction of sp³-hybridized carbons (Fsp3) is 0.750. The Labute approximate surface area is 60.4 Å². The van der Waals surface area contributed by atoms with E-state index in [-0.39, 0.29) is 29.6 Å². The van der Waals surface area contributed by atoms with E-state index in [0.29, 0.717) is 6.42 Å². The van der Waals surface area contributed by atoms with Crippen LogP contribution in [0.5, 0.6) is 0 Å². The Morgan fingerprint density at radius 1 is 1.67 bits per heavy atom. The molecule has 0 aliphatic rings. The van der Waals surface area contributed by atoms with Gasteiger partial charge in [-0.3, -0.25) is 0 Å². The van der Waals surface area contributed by atoms with Gasteiger partial charge in [-0.1, -0.05) is 6.92 Å². The Morgan fingerprint density at radius 2 is 2.17 bits per heavy atom. The van der Waals surface area contributed by atoms with Crippen molar-refractivity contribution in [3.05, 3.63) is 0 Å². The minimum absolute atomic E-state index is 0. The second-order valence-corrected chi connectivity index (χ2v) is 0.955. The Kier molecular flexibility index (Phi) is 15.0. The van der Waals surface area contributed by atoms with E-state index in [4.69, 9.17) is 0 Å². The van der Waals surface area contributed by atoms with Crippen LogP contribution < -0.4 is 0 Å². The van der Waals surface area contributed by atoms with Crippen LogP contribution in [-0.2, 0) is 4.79 Å². The normalized spacial score (nSPS) is 6.17. The molecule has 0 heterocycles. The second-order valence-electron chi connectivity index (χ2n) is 0.955. The van der Waals surface area contributed by atoms with Gasteiger partial charge in [0.15, 0.2) is 0 Å². The van der Waals surface area contributed by atoms with E-state index in [1.807, 2.05) is 6.92 Å². The molecule has 1 nitrogen and oxygen atoms in total. The van der Waals surface area contributed by atoms with Crippen molar-refractivity contribution in [3.63, 3.8) is 0 Å². The third-order valence-corrected chi connectivity index (χ3v) is 0.407. The summed E-state index contributed by atoms with van der Waals surface area (Å²) in [6.45, 7) is 1.98. The maximum absolute atomic E-state index is 9.40. The summed E-state index contributed by atoms with van der Waals surface area (Å²) in [5.74, 6) is 0. The number of carbonyl (C=O) groups is 1. The van der Waals surface area contributed by atoms with E-state index < -0.39 is 0 Å². The van der Waals surface area contributed by atoms with E-state index in [9.17, 15) is 4.79 Å². The zero-order valence-corrected chi connectivity index (χ0v) is 3.40. The molecule has 0 fully saturated rings. The van der Waals surface area contributed by atoms with E-state index in [1.165, 1.54) is 0 Å². The van der Waals surface area contributed by atoms with Crippen LogP contribution in [0.3, 0.4) is 0 Å². The summed E-state index contributed by atoms with van der Waals surface area (Å²) in [6.07, 6.45) is 2.61. The third-order valence-electron chi connectivity index (χ3n) is 0.407. The van der Waals surface area contributed by atoms with Crippen molar-refractivity contribution in [1.82, 2.24) is 0 Å². The SMILES string of the molecule is CCCC=O.[NaH]. The first kappa shape index (κ1) is 9.83. The van der Waals surface area contributed by atoms with Crippen molar-refractivity contribution >= 4 is 35.8 Å². The number of unbranched alkanes of at least 4 members (excludes halogenated alkanes) is 1. The quantitative estimate of drug-likeness (QED) is 0.358. The Morgan fingerprint density at radius 3 is 2.17 bits per heavy atom. The molecular weight excluding hydrogens is 87.0 g/mol. The summed E-state index contributed by atoms with van der Waals surface area (Å²) >= 11 is 0. The predicted octanol–water partition coefficient (Wildman–Crippen LogP) is 0.337. The molecule has 0 rings (SSSR count). The van der Waals surface area contributed by atoms with Gasteiger partial charge in [0.25, 0.3) is 0 Å². The summed E-state index contributed by atoms with van der Waals surface area (Å²) in [5, 5.41) is 0. The molecule has 2 heteroatoms. The van der Waals surface area contributed by atoms with Crippen LogP contribution in [0.2, 0.25) is 0 Å². The molecule has 32 valence electrons. The van der Waals surface area contributed by atoms with Gasteiger partial charge in [0.1, 0.15) is 6.29 Å². The van der Waals surface area contributed by atoms with E-state index in [2.05, 4.69) is 0 Å². The molecule has 0 aromatic carbocycles. The summed E-state index contributed by atoms with van der Waals surface area (Å²) in [7, 11) is 0. The molecule has 0 radical (unpaired) electrons. The molecule has 0 unspecified atom stereocenters. The van der Waals surface area contributed by atoms with Crippen molar-refractivity contribution in [2.75, 3.05) is 0 Å². The Balaban J connectivity index is 0. The van der Waals surface area contributed by atoms with Gasteiger partial charge in [0, 0.05) is 6.42 Å². The van der Waals surface area contributed by atoms with Crippen LogP contribution in [0.25, 0.3) is 0 Å². The van der Waals surface area contributed by atoms with Crippen molar-refractivity contribution < 1.29 is 4.79 Å². The van der Waals surface area contributed by atoms with Crippen LogP contribution in [-0.4, -0.2) is 35.8 Å². The topological polar surface area (TPSA) is 17.1 Å². The molecule has 0 saturated heterocycles. The zero-order valence-electron chi connectivity index (χ0n) is 3.40. The number of hydrogen-bond acceptors (Lipinski definition) is 1. The molecule has 6 heavy (non-hydrogen) atoms. The summed E-state index contributed by atoms with van der Waals surface area (Å²) in [4.78, 5) is 9.40. The molecule has 0 aromatic heterocycles. The Bertz CT molecular complexity index is 28.7. The van der Waals surface area contributed by atoms with Crippen LogP contribution >= 0.6 is 0 Å². The van der Waals surface area contributed by atoms with Gasteiger partial charge in [-0.2, -0.15) is 0 Å². The average Bonchev–Trinajstić information content (AvgIpc) is 1.41. The fourth-order valence-corrected chi connectivity index (χ4v) is 0.118. The average molecular weight is 96.1 g/mol. The van der Waals surface area contributed by atoms with Gasteiger partial charge >= 0.3 is 29.6 Å². The van der Waals surface area contributed by atoms with Crippen LogP contribution in [0.1, 0.15) is 19.8 Å². The number of carbonyl (C=O) groups excluding carboxylic acids is 1. The first-order chi connectivity index (χ1) is 2.41. The fourth-order valence-electron chi connectivity index (χ4n) is 0.118.